The lowest BCUT2D eigenvalue weighted by Crippen LogP contribution is -2.30. The molecule has 0 N–H and O–H groups in total. The van der Waals surface area contributed by atoms with Crippen LogP contribution in [0.5, 0.6) is 5.75 Å². The largest absolute Gasteiger partial charge is 0.457 e. The molecule has 0 saturated carbocycles. The third kappa shape index (κ3) is 1.81. The number of ether oxygens (including phenoxy) is 2. The van der Waals surface area contributed by atoms with Gasteiger partial charge in [0.25, 0.3) is 0 Å². The number of furan rings is 2. The van der Waals surface area contributed by atoms with Crippen molar-refractivity contribution in [2.24, 2.45) is 0 Å². The molecule has 2 aromatic heterocycles. The first kappa shape index (κ1) is 13.7. The average Bonchev–Trinajstić information content (AvgIpc) is 2.99. The van der Waals surface area contributed by atoms with Crippen LogP contribution in [0, 0.1) is 0 Å². The summed E-state index contributed by atoms with van der Waals surface area (Å²) in [6, 6.07) is 1.64. The van der Waals surface area contributed by atoms with E-state index in [0.717, 1.165) is 0 Å². The highest BCUT2D eigenvalue weighted by Crippen LogP contribution is 2.47. The topological polar surface area (TPSA) is 65.7 Å². The van der Waals surface area contributed by atoms with Gasteiger partial charge in [0.2, 0.25) is 0 Å². The molecule has 0 fully saturated rings. The molecule has 1 aliphatic heterocycles. The Hall–Kier alpha value is -1.31. The first-order valence-corrected chi connectivity index (χ1v) is 7.44. The zero-order chi connectivity index (χ0) is 14.7. The number of halogens is 1. The molecular formula is C14H13IO5. The minimum absolute atomic E-state index is 0.289. The SMILES string of the molecule is CCC(C)(I)C(=O)OC(C)c1c2c3oc1cc3C(=O)O2. The van der Waals surface area contributed by atoms with Crippen molar-refractivity contribution in [1.82, 2.24) is 0 Å². The predicted octanol–water partition coefficient (Wildman–Crippen LogP) is 3.61. The summed E-state index contributed by atoms with van der Waals surface area (Å²) in [5, 5.41) is 0. The Balaban J connectivity index is 1.87. The van der Waals surface area contributed by atoms with Crippen molar-refractivity contribution in [3.63, 3.8) is 0 Å². The van der Waals surface area contributed by atoms with E-state index in [1.165, 1.54) is 0 Å². The molecule has 3 heterocycles. The molecule has 0 radical (unpaired) electrons. The molecule has 20 heavy (non-hydrogen) atoms. The molecule has 6 heteroatoms. The Kier molecular flexibility index (Phi) is 2.97. The monoisotopic (exact) mass is 388 g/mol. The summed E-state index contributed by atoms with van der Waals surface area (Å²) in [6.07, 6.45) is 0.156. The maximum Gasteiger partial charge on any atom is 0.347 e. The molecule has 0 saturated heterocycles. The maximum absolute atomic E-state index is 12.1. The second kappa shape index (κ2) is 4.34. The number of esters is 2. The van der Waals surface area contributed by atoms with Crippen LogP contribution in [0.15, 0.2) is 10.5 Å². The fourth-order valence-corrected chi connectivity index (χ4v) is 2.33. The number of carbonyl (C=O) groups is 2. The van der Waals surface area contributed by atoms with Crippen molar-refractivity contribution >= 4 is 45.7 Å². The van der Waals surface area contributed by atoms with Crippen LogP contribution in [0.4, 0.5) is 0 Å². The first-order valence-electron chi connectivity index (χ1n) is 6.36. The number of hydrogen-bond donors (Lipinski definition) is 0. The van der Waals surface area contributed by atoms with E-state index < -0.39 is 15.5 Å². The van der Waals surface area contributed by atoms with E-state index in [-0.39, 0.29) is 5.97 Å². The maximum atomic E-state index is 12.1. The molecule has 2 bridgehead atoms. The lowest BCUT2D eigenvalue weighted by atomic mass is 10.1. The number of rotatable bonds is 4. The zero-order valence-electron chi connectivity index (χ0n) is 11.3. The molecule has 0 aromatic carbocycles. The van der Waals surface area contributed by atoms with Crippen molar-refractivity contribution in [3.05, 3.63) is 17.2 Å². The smallest absolute Gasteiger partial charge is 0.347 e. The second-order valence-electron chi connectivity index (χ2n) is 5.08. The Labute approximate surface area is 129 Å². The van der Waals surface area contributed by atoms with E-state index in [1.54, 1.807) is 13.0 Å². The highest BCUT2D eigenvalue weighted by Gasteiger charge is 2.39. The second-order valence-corrected chi connectivity index (χ2v) is 7.47. The first-order chi connectivity index (χ1) is 9.35. The minimum Gasteiger partial charge on any atom is -0.457 e. The summed E-state index contributed by atoms with van der Waals surface area (Å²) < 4.78 is 15.6. The van der Waals surface area contributed by atoms with Crippen LogP contribution >= 0.6 is 22.6 Å². The van der Waals surface area contributed by atoms with Crippen molar-refractivity contribution in [3.8, 4) is 5.75 Å². The van der Waals surface area contributed by atoms with Gasteiger partial charge >= 0.3 is 11.9 Å². The van der Waals surface area contributed by atoms with Crippen molar-refractivity contribution in [2.45, 2.75) is 36.7 Å². The van der Waals surface area contributed by atoms with Crippen LogP contribution in [0.2, 0.25) is 0 Å². The summed E-state index contributed by atoms with van der Waals surface area (Å²) in [5.74, 6) is -0.302. The number of fused-ring (bicyclic) bond motifs is 1. The van der Waals surface area contributed by atoms with Crippen LogP contribution in [0.3, 0.4) is 0 Å². The van der Waals surface area contributed by atoms with Gasteiger partial charge in [-0.2, -0.15) is 0 Å². The minimum atomic E-state index is -0.569. The van der Waals surface area contributed by atoms with Crippen LogP contribution in [-0.4, -0.2) is 15.4 Å². The standard InChI is InChI=1S/C14H13IO5/c1-4-14(3,15)13(17)18-6(2)9-8-5-7-10(19-8)11(9)20-12(7)16/h5-6H,4H2,1-3H3. The van der Waals surface area contributed by atoms with E-state index in [9.17, 15) is 9.59 Å². The van der Waals surface area contributed by atoms with E-state index in [2.05, 4.69) is 22.6 Å². The molecule has 2 unspecified atom stereocenters. The van der Waals surface area contributed by atoms with Gasteiger partial charge in [0.1, 0.15) is 20.7 Å². The van der Waals surface area contributed by atoms with E-state index in [0.29, 0.717) is 34.5 Å². The molecule has 0 aliphatic carbocycles. The van der Waals surface area contributed by atoms with Crippen LogP contribution < -0.4 is 4.74 Å². The third-order valence-corrected chi connectivity index (χ3v) is 4.85. The molecule has 1 aliphatic rings. The summed E-state index contributed by atoms with van der Waals surface area (Å²) in [5.41, 5.74) is 2.08. The van der Waals surface area contributed by atoms with Crippen LogP contribution in [0.1, 0.15) is 49.2 Å². The molecule has 0 spiro atoms. The zero-order valence-corrected chi connectivity index (χ0v) is 13.4. The van der Waals surface area contributed by atoms with Gasteiger partial charge in [0.15, 0.2) is 11.3 Å². The number of alkyl halides is 1. The van der Waals surface area contributed by atoms with Crippen molar-refractivity contribution < 1.29 is 23.5 Å². The fraction of sp³-hybridized carbons (Fsp3) is 0.429. The molecule has 3 rings (SSSR count). The number of carbonyl (C=O) groups excluding carboxylic acids is 2. The Bertz CT molecular complexity index is 699. The van der Waals surface area contributed by atoms with Gasteiger partial charge in [-0.05, 0) is 26.3 Å². The molecule has 2 atom stereocenters. The molecular weight excluding hydrogens is 375 g/mol. The Morgan fingerprint density at radius 2 is 2.25 bits per heavy atom. The van der Waals surface area contributed by atoms with Gasteiger partial charge in [-0.15, -0.1) is 0 Å². The van der Waals surface area contributed by atoms with Crippen LogP contribution in [-0.2, 0) is 9.53 Å². The number of benzene rings is 1. The highest BCUT2D eigenvalue weighted by atomic mass is 127. The molecule has 106 valence electrons. The van der Waals surface area contributed by atoms with Crippen molar-refractivity contribution in [1.29, 1.82) is 0 Å². The lowest BCUT2D eigenvalue weighted by molar-refractivity contribution is -0.150. The molecule has 2 aromatic rings. The summed E-state index contributed by atoms with van der Waals surface area (Å²) in [6.45, 7) is 5.51. The third-order valence-electron chi connectivity index (χ3n) is 3.64. The van der Waals surface area contributed by atoms with Crippen LogP contribution in [0.25, 0.3) is 11.2 Å². The van der Waals surface area contributed by atoms with Gasteiger partial charge in [0.05, 0.1) is 5.56 Å². The van der Waals surface area contributed by atoms with E-state index in [4.69, 9.17) is 13.9 Å². The summed E-state index contributed by atoms with van der Waals surface area (Å²) in [7, 11) is 0. The number of hydrogen-bond acceptors (Lipinski definition) is 5. The van der Waals surface area contributed by atoms with Gasteiger partial charge in [-0.25, -0.2) is 4.79 Å². The normalized spacial score (nSPS) is 18.1. The lowest BCUT2D eigenvalue weighted by Gasteiger charge is -2.21. The highest BCUT2D eigenvalue weighted by molar-refractivity contribution is 14.1. The van der Waals surface area contributed by atoms with E-state index in [1.807, 2.05) is 13.8 Å². The molecule has 5 nitrogen and oxygen atoms in total. The van der Waals surface area contributed by atoms with Gasteiger partial charge < -0.3 is 13.9 Å². The quantitative estimate of drug-likeness (QED) is 0.455. The van der Waals surface area contributed by atoms with Gasteiger partial charge in [-0.1, -0.05) is 29.5 Å². The molecule has 0 amide bonds. The summed E-state index contributed by atoms with van der Waals surface area (Å²) >= 11 is 2.08. The van der Waals surface area contributed by atoms with E-state index >= 15 is 0 Å². The average molecular weight is 388 g/mol. The Morgan fingerprint density at radius 1 is 1.55 bits per heavy atom. The van der Waals surface area contributed by atoms with Gasteiger partial charge in [-0.3, -0.25) is 4.79 Å². The predicted molar refractivity (Wildman–Crippen MR) is 79.6 cm³/mol. The van der Waals surface area contributed by atoms with Gasteiger partial charge in [0, 0.05) is 0 Å². The van der Waals surface area contributed by atoms with Crippen molar-refractivity contribution in [2.75, 3.05) is 0 Å². The fourth-order valence-electron chi connectivity index (χ4n) is 2.20. The Morgan fingerprint density at radius 3 is 2.90 bits per heavy atom. The summed E-state index contributed by atoms with van der Waals surface area (Å²) in [4.78, 5) is 23.6.